The number of urea groups is 1. The number of ether oxygens (including phenoxy) is 1. The Bertz CT molecular complexity index is 667. The van der Waals surface area contributed by atoms with Crippen LogP contribution in [0.4, 0.5) is 14.9 Å². The highest BCUT2D eigenvalue weighted by Gasteiger charge is 2.46. The highest BCUT2D eigenvalue weighted by Crippen LogP contribution is 2.27. The molecule has 8 nitrogen and oxygen atoms in total. The number of amides is 2. The van der Waals surface area contributed by atoms with E-state index in [9.17, 15) is 19.4 Å². The second kappa shape index (κ2) is 9.71. The predicted molar refractivity (Wildman–Crippen MR) is 107 cm³/mol. The highest BCUT2D eigenvalue weighted by molar-refractivity contribution is 5.74. The first-order valence-corrected chi connectivity index (χ1v) is 10.1. The van der Waals surface area contributed by atoms with Crippen molar-refractivity contribution in [3.63, 3.8) is 0 Å². The van der Waals surface area contributed by atoms with Gasteiger partial charge in [-0.25, -0.2) is 9.18 Å². The normalized spacial score (nSPS) is 28.0. The summed E-state index contributed by atoms with van der Waals surface area (Å²) in [6.07, 6.45) is -1.93. The molecule has 2 heterocycles. The SMILES string of the molecule is CC(C)NC(=O)NC[C@H]1O[C@@H](CO)[C@@H](O)[C@H]1N1CCN(c2ccc(F)cc2)CC1. The predicted octanol–water partition coefficient (Wildman–Crippen LogP) is 0.145. The Morgan fingerprint density at radius 3 is 2.45 bits per heavy atom. The van der Waals surface area contributed by atoms with E-state index < -0.39 is 18.3 Å². The van der Waals surface area contributed by atoms with Crippen molar-refractivity contribution in [2.75, 3.05) is 44.2 Å². The third-order valence-corrected chi connectivity index (χ3v) is 5.45. The van der Waals surface area contributed by atoms with Crippen LogP contribution in [-0.2, 0) is 4.74 Å². The van der Waals surface area contributed by atoms with Crippen molar-refractivity contribution < 1.29 is 24.1 Å². The van der Waals surface area contributed by atoms with Crippen LogP contribution in [0.5, 0.6) is 0 Å². The number of hydrogen-bond acceptors (Lipinski definition) is 6. The maximum atomic E-state index is 13.2. The number of aliphatic hydroxyl groups is 2. The third-order valence-electron chi connectivity index (χ3n) is 5.45. The lowest BCUT2D eigenvalue weighted by atomic mass is 10.0. The number of carbonyl (C=O) groups excluding carboxylic acids is 1. The first-order valence-electron chi connectivity index (χ1n) is 10.1. The summed E-state index contributed by atoms with van der Waals surface area (Å²) in [6.45, 7) is 6.56. The average molecular weight is 410 g/mol. The number of nitrogens with one attached hydrogen (secondary N) is 2. The number of halogens is 1. The average Bonchev–Trinajstić information content (AvgIpc) is 3.02. The molecule has 2 fully saturated rings. The summed E-state index contributed by atoms with van der Waals surface area (Å²) < 4.78 is 19.0. The van der Waals surface area contributed by atoms with Gasteiger partial charge in [0.2, 0.25) is 0 Å². The summed E-state index contributed by atoms with van der Waals surface area (Å²) in [6, 6.07) is 5.84. The largest absolute Gasteiger partial charge is 0.394 e. The molecule has 4 N–H and O–H groups in total. The van der Waals surface area contributed by atoms with E-state index >= 15 is 0 Å². The van der Waals surface area contributed by atoms with Gasteiger partial charge in [0, 0.05) is 44.5 Å². The lowest BCUT2D eigenvalue weighted by molar-refractivity contribution is -0.0206. The number of benzene rings is 1. The molecule has 0 aliphatic carbocycles. The smallest absolute Gasteiger partial charge is 0.315 e. The Morgan fingerprint density at radius 2 is 1.86 bits per heavy atom. The number of carbonyl (C=O) groups is 1. The fraction of sp³-hybridized carbons (Fsp3) is 0.650. The molecule has 0 bridgehead atoms. The molecule has 0 saturated carbocycles. The molecule has 0 spiro atoms. The van der Waals surface area contributed by atoms with Gasteiger partial charge in [-0.2, -0.15) is 0 Å². The molecule has 9 heteroatoms. The Labute approximate surface area is 170 Å². The van der Waals surface area contributed by atoms with Crippen LogP contribution in [0.15, 0.2) is 24.3 Å². The molecular weight excluding hydrogens is 379 g/mol. The minimum atomic E-state index is -0.836. The Balaban J connectivity index is 1.60. The van der Waals surface area contributed by atoms with Crippen LogP contribution >= 0.6 is 0 Å². The second-order valence-electron chi connectivity index (χ2n) is 7.89. The van der Waals surface area contributed by atoms with Crippen molar-refractivity contribution in [3.8, 4) is 0 Å². The first-order chi connectivity index (χ1) is 13.9. The van der Waals surface area contributed by atoms with Crippen molar-refractivity contribution >= 4 is 11.7 Å². The summed E-state index contributed by atoms with van der Waals surface area (Å²) in [5.41, 5.74) is 0.964. The van der Waals surface area contributed by atoms with E-state index in [1.807, 2.05) is 13.8 Å². The minimum Gasteiger partial charge on any atom is -0.394 e. The minimum absolute atomic E-state index is 0.0191. The van der Waals surface area contributed by atoms with Gasteiger partial charge in [0.1, 0.15) is 18.0 Å². The number of anilines is 1. The zero-order chi connectivity index (χ0) is 21.0. The van der Waals surface area contributed by atoms with Gasteiger partial charge in [0.05, 0.1) is 18.8 Å². The zero-order valence-electron chi connectivity index (χ0n) is 16.9. The van der Waals surface area contributed by atoms with E-state index in [2.05, 4.69) is 20.4 Å². The van der Waals surface area contributed by atoms with E-state index in [0.29, 0.717) is 13.1 Å². The van der Waals surface area contributed by atoms with Gasteiger partial charge < -0.3 is 30.5 Å². The number of hydrogen-bond donors (Lipinski definition) is 4. The molecule has 2 aliphatic rings. The summed E-state index contributed by atoms with van der Waals surface area (Å²) in [4.78, 5) is 16.2. The van der Waals surface area contributed by atoms with E-state index in [1.54, 1.807) is 12.1 Å². The van der Waals surface area contributed by atoms with E-state index in [1.165, 1.54) is 12.1 Å². The van der Waals surface area contributed by atoms with Crippen molar-refractivity contribution in [1.82, 2.24) is 15.5 Å². The van der Waals surface area contributed by atoms with Crippen LogP contribution in [0.25, 0.3) is 0 Å². The number of piperazine rings is 1. The summed E-state index contributed by atoms with van der Waals surface area (Å²) >= 11 is 0. The van der Waals surface area contributed by atoms with Gasteiger partial charge in [-0.05, 0) is 38.1 Å². The van der Waals surface area contributed by atoms with Crippen molar-refractivity contribution in [2.45, 2.75) is 44.2 Å². The Morgan fingerprint density at radius 1 is 1.21 bits per heavy atom. The van der Waals surface area contributed by atoms with Crippen LogP contribution in [0.1, 0.15) is 13.8 Å². The molecule has 1 aromatic carbocycles. The quantitative estimate of drug-likeness (QED) is 0.533. The fourth-order valence-electron chi connectivity index (χ4n) is 4.03. The summed E-state index contributed by atoms with van der Waals surface area (Å²) in [7, 11) is 0. The van der Waals surface area contributed by atoms with Crippen LogP contribution in [0.2, 0.25) is 0 Å². The van der Waals surface area contributed by atoms with Crippen LogP contribution in [0, 0.1) is 5.82 Å². The first kappa shape index (κ1) is 21.8. The number of nitrogens with zero attached hydrogens (tertiary/aromatic N) is 2. The van der Waals surface area contributed by atoms with E-state index in [4.69, 9.17) is 4.74 Å². The molecule has 1 aromatic rings. The van der Waals surface area contributed by atoms with Gasteiger partial charge in [0.15, 0.2) is 0 Å². The third kappa shape index (κ3) is 5.36. The van der Waals surface area contributed by atoms with Crippen LogP contribution < -0.4 is 15.5 Å². The monoisotopic (exact) mass is 410 g/mol. The zero-order valence-corrected chi connectivity index (χ0v) is 16.9. The maximum absolute atomic E-state index is 13.2. The number of rotatable bonds is 6. The topological polar surface area (TPSA) is 97.3 Å². The molecular formula is C20H31FN4O4. The second-order valence-corrected chi connectivity index (χ2v) is 7.89. The molecule has 0 aromatic heterocycles. The molecule has 2 saturated heterocycles. The Kier molecular flexibility index (Phi) is 7.28. The molecule has 29 heavy (non-hydrogen) atoms. The molecule has 2 amide bonds. The summed E-state index contributed by atoms with van der Waals surface area (Å²) in [5, 5.41) is 25.8. The lowest BCUT2D eigenvalue weighted by Gasteiger charge is -2.41. The van der Waals surface area contributed by atoms with Crippen molar-refractivity contribution in [2.24, 2.45) is 0 Å². The molecule has 3 rings (SSSR count). The maximum Gasteiger partial charge on any atom is 0.315 e. The molecule has 0 radical (unpaired) electrons. The van der Waals surface area contributed by atoms with Crippen molar-refractivity contribution in [1.29, 1.82) is 0 Å². The van der Waals surface area contributed by atoms with Crippen LogP contribution in [-0.4, -0.2) is 90.9 Å². The lowest BCUT2D eigenvalue weighted by Crippen LogP contribution is -2.58. The highest BCUT2D eigenvalue weighted by atomic mass is 19.1. The van der Waals surface area contributed by atoms with Gasteiger partial charge in [-0.1, -0.05) is 0 Å². The Hall–Kier alpha value is -1.94. The summed E-state index contributed by atoms with van der Waals surface area (Å²) in [5.74, 6) is -0.259. The number of aliphatic hydroxyl groups excluding tert-OH is 2. The van der Waals surface area contributed by atoms with Gasteiger partial charge in [-0.3, -0.25) is 4.90 Å². The molecule has 2 aliphatic heterocycles. The van der Waals surface area contributed by atoms with Crippen LogP contribution in [0.3, 0.4) is 0 Å². The fourth-order valence-corrected chi connectivity index (χ4v) is 4.03. The van der Waals surface area contributed by atoms with Gasteiger partial charge in [0.25, 0.3) is 0 Å². The van der Waals surface area contributed by atoms with E-state index in [-0.39, 0.29) is 37.1 Å². The van der Waals surface area contributed by atoms with E-state index in [0.717, 1.165) is 18.8 Å². The van der Waals surface area contributed by atoms with Gasteiger partial charge in [-0.15, -0.1) is 0 Å². The molecule has 162 valence electrons. The van der Waals surface area contributed by atoms with Crippen molar-refractivity contribution in [3.05, 3.63) is 30.1 Å². The molecule has 4 atom stereocenters. The van der Waals surface area contributed by atoms with Gasteiger partial charge >= 0.3 is 6.03 Å². The standard InChI is InChI=1S/C20H31FN4O4/c1-13(2)23-20(28)22-11-16-18(19(27)17(12-26)29-16)25-9-7-24(8-10-25)15-5-3-14(21)4-6-15/h3-6,13,16-19,26-27H,7-12H2,1-2H3,(H2,22,23,28)/t16-,17+,18+,19-/m1/s1. The molecule has 0 unspecified atom stereocenters.